The molecule has 7 nitrogen and oxygen atoms in total. The molecule has 28 heavy (non-hydrogen) atoms. The van der Waals surface area contributed by atoms with E-state index in [0.29, 0.717) is 22.9 Å². The number of thiazole rings is 1. The number of nitrogens with zero attached hydrogens (tertiary/aromatic N) is 1. The Bertz CT molecular complexity index is 804. The highest BCUT2D eigenvalue weighted by molar-refractivity contribution is 7.09. The summed E-state index contributed by atoms with van der Waals surface area (Å²) < 4.78 is 10.7. The number of aryl methyl sites for hydroxylation is 1. The molecule has 0 aliphatic heterocycles. The summed E-state index contributed by atoms with van der Waals surface area (Å²) in [5.41, 5.74) is 0.570. The van der Waals surface area contributed by atoms with Crippen LogP contribution < -0.4 is 10.6 Å². The molecule has 2 aromatic rings. The first-order valence-corrected chi connectivity index (χ1v) is 10.2. The van der Waals surface area contributed by atoms with Crippen molar-refractivity contribution in [2.24, 2.45) is 5.92 Å². The second kappa shape index (κ2) is 9.23. The van der Waals surface area contributed by atoms with E-state index >= 15 is 0 Å². The van der Waals surface area contributed by atoms with Gasteiger partial charge in [0.1, 0.15) is 17.6 Å². The van der Waals surface area contributed by atoms with Gasteiger partial charge in [-0.15, -0.1) is 11.3 Å². The van der Waals surface area contributed by atoms with Crippen molar-refractivity contribution in [1.29, 1.82) is 0 Å². The topological polar surface area (TPSA) is 93.5 Å². The van der Waals surface area contributed by atoms with E-state index in [1.165, 1.54) is 17.6 Å². The maximum Gasteiger partial charge on any atom is 0.407 e. The van der Waals surface area contributed by atoms with Gasteiger partial charge in [-0.05, 0) is 46.1 Å². The van der Waals surface area contributed by atoms with Gasteiger partial charge >= 0.3 is 6.09 Å². The van der Waals surface area contributed by atoms with E-state index in [-0.39, 0.29) is 18.5 Å². The fraction of sp³-hybridized carbons (Fsp3) is 0.550. The Morgan fingerprint density at radius 2 is 2.04 bits per heavy atom. The molecule has 154 valence electrons. The molecule has 0 aliphatic rings. The minimum atomic E-state index is -0.567. The largest absolute Gasteiger partial charge is 0.462 e. The number of aromatic nitrogens is 1. The number of carbonyl (C=O) groups is 2. The van der Waals surface area contributed by atoms with Gasteiger partial charge in [-0.3, -0.25) is 4.79 Å². The number of amides is 2. The summed E-state index contributed by atoms with van der Waals surface area (Å²) >= 11 is 1.52. The molecule has 0 aliphatic carbocycles. The van der Waals surface area contributed by atoms with Crippen molar-refractivity contribution in [1.82, 2.24) is 15.6 Å². The van der Waals surface area contributed by atoms with Gasteiger partial charge in [-0.25, -0.2) is 9.78 Å². The second-order valence-corrected chi connectivity index (χ2v) is 9.20. The quantitative estimate of drug-likeness (QED) is 0.710. The number of alkyl carbamates (subject to hydrolysis) is 1. The van der Waals surface area contributed by atoms with Crippen molar-refractivity contribution in [2.45, 2.75) is 59.6 Å². The van der Waals surface area contributed by atoms with Crippen LogP contribution in [0.3, 0.4) is 0 Å². The van der Waals surface area contributed by atoms with E-state index in [9.17, 15) is 9.59 Å². The van der Waals surface area contributed by atoms with Crippen molar-refractivity contribution in [3.8, 4) is 11.5 Å². The fourth-order valence-corrected chi connectivity index (χ4v) is 3.22. The number of carbonyl (C=O) groups excluding carboxylic acids is 2. The number of hydrogen-bond acceptors (Lipinski definition) is 6. The third-order valence-electron chi connectivity index (χ3n) is 3.72. The van der Waals surface area contributed by atoms with Gasteiger partial charge in [0.05, 0.1) is 10.6 Å². The van der Waals surface area contributed by atoms with Crippen LogP contribution in [0.25, 0.3) is 11.5 Å². The smallest absolute Gasteiger partial charge is 0.407 e. The Morgan fingerprint density at radius 3 is 2.61 bits per heavy atom. The van der Waals surface area contributed by atoms with Gasteiger partial charge in [0.25, 0.3) is 5.91 Å². The molecule has 0 radical (unpaired) electrons. The van der Waals surface area contributed by atoms with Crippen LogP contribution in [0.2, 0.25) is 0 Å². The Kier molecular flexibility index (Phi) is 7.23. The van der Waals surface area contributed by atoms with E-state index in [1.54, 1.807) is 26.8 Å². The summed E-state index contributed by atoms with van der Waals surface area (Å²) in [6, 6.07) is 1.46. The van der Waals surface area contributed by atoms with Crippen LogP contribution in [0.4, 0.5) is 4.79 Å². The first-order valence-electron chi connectivity index (χ1n) is 9.32. The van der Waals surface area contributed by atoms with E-state index in [0.717, 1.165) is 11.4 Å². The molecular formula is C20H29N3O4S. The second-order valence-electron chi connectivity index (χ2n) is 8.13. The van der Waals surface area contributed by atoms with Gasteiger partial charge in [-0.1, -0.05) is 13.8 Å². The maximum absolute atomic E-state index is 12.6. The third kappa shape index (κ3) is 6.99. The minimum absolute atomic E-state index is 0.222. The zero-order valence-electron chi connectivity index (χ0n) is 17.3. The molecule has 0 saturated heterocycles. The average Bonchev–Trinajstić information content (AvgIpc) is 3.19. The predicted molar refractivity (Wildman–Crippen MR) is 109 cm³/mol. The molecule has 1 unspecified atom stereocenters. The zero-order chi connectivity index (χ0) is 20.9. The van der Waals surface area contributed by atoms with Crippen molar-refractivity contribution in [3.63, 3.8) is 0 Å². The summed E-state index contributed by atoms with van der Waals surface area (Å²) in [5.74, 6) is 0.656. The van der Waals surface area contributed by atoms with Crippen LogP contribution in [0.1, 0.15) is 56.4 Å². The fourth-order valence-electron chi connectivity index (χ4n) is 2.62. The normalized spacial score (nSPS) is 12.7. The lowest BCUT2D eigenvalue weighted by atomic mass is 10.0. The molecule has 0 aromatic carbocycles. The van der Waals surface area contributed by atoms with E-state index < -0.39 is 11.7 Å². The first kappa shape index (κ1) is 21.9. The van der Waals surface area contributed by atoms with Crippen LogP contribution in [-0.2, 0) is 4.74 Å². The molecule has 0 bridgehead atoms. The van der Waals surface area contributed by atoms with Crippen LogP contribution >= 0.6 is 11.3 Å². The number of furan rings is 1. The minimum Gasteiger partial charge on any atom is -0.462 e. The molecule has 0 saturated carbocycles. The standard InChI is InChI=1S/C20H29N3O4S/c1-12(2)7-15(9-21-19(25)27-20(4,5)6)23-18(24)14-8-17(26-10-14)16-11-28-13(3)22-16/h8,10-12,15H,7,9H2,1-6H3,(H,21,25)(H,23,24). The molecule has 2 rings (SSSR count). The number of rotatable bonds is 7. The Labute approximate surface area is 169 Å². The average molecular weight is 408 g/mol. The number of hydrogen-bond donors (Lipinski definition) is 2. The zero-order valence-corrected chi connectivity index (χ0v) is 18.1. The van der Waals surface area contributed by atoms with Crippen LogP contribution in [-0.4, -0.2) is 35.2 Å². The summed E-state index contributed by atoms with van der Waals surface area (Å²) in [5, 5.41) is 8.52. The van der Waals surface area contributed by atoms with E-state index in [4.69, 9.17) is 9.15 Å². The van der Waals surface area contributed by atoms with Crippen molar-refractivity contribution in [2.75, 3.05) is 6.54 Å². The molecule has 2 heterocycles. The highest BCUT2D eigenvalue weighted by atomic mass is 32.1. The maximum atomic E-state index is 12.6. The molecule has 2 N–H and O–H groups in total. The third-order valence-corrected chi connectivity index (χ3v) is 4.49. The SMILES string of the molecule is Cc1nc(-c2cc(C(=O)NC(CNC(=O)OC(C)(C)C)CC(C)C)co2)cs1. The molecule has 2 amide bonds. The molecular weight excluding hydrogens is 378 g/mol. The molecule has 2 aromatic heterocycles. The monoisotopic (exact) mass is 407 g/mol. The Morgan fingerprint density at radius 1 is 1.32 bits per heavy atom. The highest BCUT2D eigenvalue weighted by Gasteiger charge is 2.21. The van der Waals surface area contributed by atoms with Crippen molar-refractivity contribution >= 4 is 23.3 Å². The number of nitrogens with one attached hydrogen (secondary N) is 2. The van der Waals surface area contributed by atoms with Crippen molar-refractivity contribution in [3.05, 3.63) is 28.3 Å². The summed E-state index contributed by atoms with van der Waals surface area (Å²) in [6.07, 6.45) is 1.64. The van der Waals surface area contributed by atoms with Crippen LogP contribution in [0, 0.1) is 12.8 Å². The lowest BCUT2D eigenvalue weighted by molar-refractivity contribution is 0.0518. The van der Waals surface area contributed by atoms with Gasteiger partial charge in [0.15, 0.2) is 5.76 Å². The van der Waals surface area contributed by atoms with E-state index in [2.05, 4.69) is 29.5 Å². The lowest BCUT2D eigenvalue weighted by Crippen LogP contribution is -2.45. The van der Waals surface area contributed by atoms with Gasteiger partial charge < -0.3 is 19.8 Å². The van der Waals surface area contributed by atoms with Gasteiger partial charge in [0.2, 0.25) is 0 Å². The predicted octanol–water partition coefficient (Wildman–Crippen LogP) is 4.38. The van der Waals surface area contributed by atoms with Crippen LogP contribution in [0.5, 0.6) is 0 Å². The van der Waals surface area contributed by atoms with Gasteiger partial charge in [0, 0.05) is 18.0 Å². The van der Waals surface area contributed by atoms with E-state index in [1.807, 2.05) is 12.3 Å². The van der Waals surface area contributed by atoms with Crippen molar-refractivity contribution < 1.29 is 18.7 Å². The van der Waals surface area contributed by atoms with Crippen LogP contribution in [0.15, 0.2) is 22.1 Å². The van der Waals surface area contributed by atoms with Gasteiger partial charge in [-0.2, -0.15) is 0 Å². The molecule has 0 spiro atoms. The molecule has 8 heteroatoms. The number of ether oxygens (including phenoxy) is 1. The Balaban J connectivity index is 1.98. The lowest BCUT2D eigenvalue weighted by Gasteiger charge is -2.23. The highest BCUT2D eigenvalue weighted by Crippen LogP contribution is 2.23. The summed E-state index contributed by atoms with van der Waals surface area (Å²) in [6.45, 7) is 11.7. The Hall–Kier alpha value is -2.35. The molecule has 0 fully saturated rings. The summed E-state index contributed by atoms with van der Waals surface area (Å²) in [7, 11) is 0. The first-order chi connectivity index (χ1) is 13.0. The molecule has 1 atom stereocenters. The summed E-state index contributed by atoms with van der Waals surface area (Å²) in [4.78, 5) is 28.9.